The third-order valence-electron chi connectivity index (χ3n) is 3.75. The van der Waals surface area contributed by atoms with E-state index in [0.29, 0.717) is 5.76 Å². The zero-order chi connectivity index (χ0) is 16.1. The van der Waals surface area contributed by atoms with E-state index in [2.05, 4.69) is 17.4 Å². The molecule has 1 amide bonds. The van der Waals surface area contributed by atoms with Crippen molar-refractivity contribution in [1.29, 1.82) is 0 Å². The van der Waals surface area contributed by atoms with Gasteiger partial charge in [-0.2, -0.15) is 0 Å². The molecular formula is C20H19NO2. The summed E-state index contributed by atoms with van der Waals surface area (Å²) in [5.74, 6) is 0.883. The fraction of sp³-hybridized carbons (Fsp3) is 0.150. The Bertz CT molecular complexity index is 763. The number of hydrogen-bond donors (Lipinski definition) is 1. The van der Waals surface area contributed by atoms with Crippen LogP contribution >= 0.6 is 0 Å². The third kappa shape index (κ3) is 3.89. The summed E-state index contributed by atoms with van der Waals surface area (Å²) in [6, 6.07) is 23.5. The molecule has 0 unspecified atom stereocenters. The Hall–Kier alpha value is -2.81. The minimum Gasteiger partial charge on any atom is -0.456 e. The number of carbonyl (C=O) groups excluding carboxylic acids is 1. The molecule has 0 radical (unpaired) electrons. The van der Waals surface area contributed by atoms with E-state index in [1.165, 1.54) is 5.56 Å². The normalized spacial score (nSPS) is 11.9. The van der Waals surface area contributed by atoms with Gasteiger partial charge in [0, 0.05) is 0 Å². The van der Waals surface area contributed by atoms with Gasteiger partial charge in [-0.25, -0.2) is 0 Å². The van der Waals surface area contributed by atoms with Crippen LogP contribution in [0.5, 0.6) is 0 Å². The van der Waals surface area contributed by atoms with Crippen molar-refractivity contribution in [3.05, 3.63) is 95.4 Å². The Morgan fingerprint density at radius 1 is 0.957 bits per heavy atom. The van der Waals surface area contributed by atoms with Gasteiger partial charge >= 0.3 is 0 Å². The molecule has 1 atom stereocenters. The van der Waals surface area contributed by atoms with Crippen molar-refractivity contribution in [2.45, 2.75) is 19.4 Å². The summed E-state index contributed by atoms with van der Waals surface area (Å²) in [5, 5.41) is 3.08. The topological polar surface area (TPSA) is 42.2 Å². The molecular weight excluding hydrogens is 286 g/mol. The molecule has 2 aromatic carbocycles. The van der Waals surface area contributed by atoms with Gasteiger partial charge in [-0.1, -0.05) is 60.7 Å². The van der Waals surface area contributed by atoms with Crippen molar-refractivity contribution in [3.63, 3.8) is 0 Å². The molecule has 0 aliphatic rings. The molecule has 0 saturated carbocycles. The first-order valence-electron chi connectivity index (χ1n) is 7.68. The van der Waals surface area contributed by atoms with Crippen molar-refractivity contribution in [3.8, 4) is 0 Å². The lowest BCUT2D eigenvalue weighted by molar-refractivity contribution is 0.0907. The summed E-state index contributed by atoms with van der Waals surface area (Å²) in [5.41, 5.74) is 2.25. The number of nitrogens with one attached hydrogen (secondary N) is 1. The molecule has 0 spiro atoms. The highest BCUT2D eigenvalue weighted by Crippen LogP contribution is 2.19. The van der Waals surface area contributed by atoms with Gasteiger partial charge < -0.3 is 9.73 Å². The van der Waals surface area contributed by atoms with Crippen molar-refractivity contribution in [1.82, 2.24) is 5.32 Å². The first-order valence-corrected chi connectivity index (χ1v) is 7.68. The molecule has 1 aromatic heterocycles. The molecule has 3 rings (SSSR count). The maximum absolute atomic E-state index is 12.4. The summed E-state index contributed by atoms with van der Waals surface area (Å²) >= 11 is 0. The number of rotatable bonds is 5. The van der Waals surface area contributed by atoms with Gasteiger partial charge in [0.05, 0.1) is 6.04 Å². The molecule has 1 heterocycles. The second kappa shape index (κ2) is 6.97. The fourth-order valence-electron chi connectivity index (χ4n) is 2.57. The number of carbonyl (C=O) groups is 1. The summed E-state index contributed by atoms with van der Waals surface area (Å²) in [6.45, 7) is 1.83. The first-order chi connectivity index (χ1) is 11.2. The van der Waals surface area contributed by atoms with Crippen LogP contribution in [0.2, 0.25) is 0 Å². The Balaban J connectivity index is 1.82. The van der Waals surface area contributed by atoms with Crippen LogP contribution in [0.4, 0.5) is 0 Å². The van der Waals surface area contributed by atoms with Gasteiger partial charge in [0.25, 0.3) is 5.91 Å². The average Bonchev–Trinajstić information content (AvgIpc) is 3.03. The lowest BCUT2D eigenvalue weighted by Gasteiger charge is -2.19. The van der Waals surface area contributed by atoms with Crippen molar-refractivity contribution >= 4 is 5.91 Å². The van der Waals surface area contributed by atoms with Gasteiger partial charge in [-0.15, -0.1) is 0 Å². The average molecular weight is 305 g/mol. The quantitative estimate of drug-likeness (QED) is 0.763. The number of hydrogen-bond acceptors (Lipinski definition) is 2. The second-order valence-electron chi connectivity index (χ2n) is 5.54. The van der Waals surface area contributed by atoms with Gasteiger partial charge in [0.1, 0.15) is 5.76 Å². The van der Waals surface area contributed by atoms with Crippen LogP contribution in [0.15, 0.2) is 77.2 Å². The molecule has 3 heteroatoms. The maximum Gasteiger partial charge on any atom is 0.287 e. The largest absolute Gasteiger partial charge is 0.456 e. The number of aryl methyl sites for hydroxylation is 1. The minimum atomic E-state index is -0.192. The molecule has 1 N–H and O–H groups in total. The number of furan rings is 1. The molecule has 23 heavy (non-hydrogen) atoms. The predicted molar refractivity (Wildman–Crippen MR) is 90.2 cm³/mol. The van der Waals surface area contributed by atoms with Gasteiger partial charge in [-0.3, -0.25) is 4.79 Å². The highest BCUT2D eigenvalue weighted by atomic mass is 16.3. The Labute approximate surface area is 136 Å². The van der Waals surface area contributed by atoms with Crippen molar-refractivity contribution in [2.24, 2.45) is 0 Å². The highest BCUT2D eigenvalue weighted by Gasteiger charge is 2.18. The Morgan fingerprint density at radius 2 is 1.61 bits per heavy atom. The van der Waals surface area contributed by atoms with E-state index < -0.39 is 0 Å². The molecule has 0 fully saturated rings. The van der Waals surface area contributed by atoms with Crippen LogP contribution in [-0.4, -0.2) is 5.91 Å². The maximum atomic E-state index is 12.4. The van der Waals surface area contributed by atoms with Gasteiger partial charge in [0.15, 0.2) is 5.76 Å². The molecule has 3 aromatic rings. The van der Waals surface area contributed by atoms with Gasteiger partial charge in [-0.05, 0) is 36.6 Å². The van der Waals surface area contributed by atoms with Crippen LogP contribution in [-0.2, 0) is 6.42 Å². The smallest absolute Gasteiger partial charge is 0.287 e. The highest BCUT2D eigenvalue weighted by molar-refractivity contribution is 5.91. The van der Waals surface area contributed by atoms with Crippen molar-refractivity contribution in [2.75, 3.05) is 0 Å². The lowest BCUT2D eigenvalue weighted by atomic mass is 9.99. The lowest BCUT2D eigenvalue weighted by Crippen LogP contribution is -2.29. The molecule has 0 aliphatic heterocycles. The van der Waals surface area contributed by atoms with E-state index >= 15 is 0 Å². The second-order valence-corrected chi connectivity index (χ2v) is 5.54. The van der Waals surface area contributed by atoms with Crippen LogP contribution in [0.3, 0.4) is 0 Å². The molecule has 0 bridgehead atoms. The standard InChI is InChI=1S/C20H19NO2/c1-15-12-13-19(23-15)20(22)21-18(17-10-6-3-7-11-17)14-16-8-4-2-5-9-16/h2-13,18H,14H2,1H3,(H,21,22)/t18-/m1/s1. The first kappa shape index (κ1) is 15.1. The zero-order valence-corrected chi connectivity index (χ0v) is 13.0. The van der Waals surface area contributed by atoms with E-state index in [1.54, 1.807) is 12.1 Å². The summed E-state index contributed by atoms with van der Waals surface area (Å²) in [4.78, 5) is 12.4. The minimum absolute atomic E-state index is 0.100. The zero-order valence-electron chi connectivity index (χ0n) is 13.0. The third-order valence-corrected chi connectivity index (χ3v) is 3.75. The van der Waals surface area contributed by atoms with Crippen LogP contribution in [0, 0.1) is 6.92 Å². The van der Waals surface area contributed by atoms with E-state index in [-0.39, 0.29) is 11.9 Å². The van der Waals surface area contributed by atoms with Crippen LogP contribution in [0.1, 0.15) is 33.5 Å². The van der Waals surface area contributed by atoms with E-state index in [9.17, 15) is 4.79 Å². The molecule has 0 aliphatic carbocycles. The molecule has 0 saturated heterocycles. The fourth-order valence-corrected chi connectivity index (χ4v) is 2.57. The summed E-state index contributed by atoms with van der Waals surface area (Å²) in [7, 11) is 0. The van der Waals surface area contributed by atoms with Crippen molar-refractivity contribution < 1.29 is 9.21 Å². The molecule has 116 valence electrons. The van der Waals surface area contributed by atoms with E-state index in [0.717, 1.165) is 17.7 Å². The van der Waals surface area contributed by atoms with E-state index in [4.69, 9.17) is 4.42 Å². The predicted octanol–water partition coefficient (Wildman–Crippen LogP) is 4.30. The number of benzene rings is 2. The Kier molecular flexibility index (Phi) is 4.57. The van der Waals surface area contributed by atoms with Gasteiger partial charge in [0.2, 0.25) is 0 Å². The molecule has 3 nitrogen and oxygen atoms in total. The van der Waals surface area contributed by atoms with E-state index in [1.807, 2.05) is 55.5 Å². The number of amides is 1. The summed E-state index contributed by atoms with van der Waals surface area (Å²) < 4.78 is 5.42. The van der Waals surface area contributed by atoms with Crippen LogP contribution < -0.4 is 5.32 Å². The monoisotopic (exact) mass is 305 g/mol. The summed E-state index contributed by atoms with van der Waals surface area (Å²) in [6.07, 6.45) is 0.732. The Morgan fingerprint density at radius 3 is 2.22 bits per heavy atom. The van der Waals surface area contributed by atoms with Crippen LogP contribution in [0.25, 0.3) is 0 Å². The SMILES string of the molecule is Cc1ccc(C(=O)N[C@H](Cc2ccccc2)c2ccccc2)o1.